The Hall–Kier alpha value is -1.96. The van der Waals surface area contributed by atoms with Crippen molar-refractivity contribution >= 4 is 0 Å². The highest BCUT2D eigenvalue weighted by atomic mass is 19.1. The van der Waals surface area contributed by atoms with E-state index in [-0.39, 0.29) is 11.6 Å². The first kappa shape index (κ1) is 20.8. The summed E-state index contributed by atoms with van der Waals surface area (Å²) in [5.74, 6) is 0.816. The minimum Gasteiger partial charge on any atom is -0.207 e. The van der Waals surface area contributed by atoms with Crippen molar-refractivity contribution in [1.29, 1.82) is 0 Å². The van der Waals surface area contributed by atoms with Gasteiger partial charge < -0.3 is 0 Å². The number of allylic oxidation sites excluding steroid dienone is 2. The summed E-state index contributed by atoms with van der Waals surface area (Å²) in [5, 5.41) is 0. The molecule has 0 saturated heterocycles. The van der Waals surface area contributed by atoms with Crippen LogP contribution in [0.3, 0.4) is 0 Å². The Balaban J connectivity index is 1.71. The van der Waals surface area contributed by atoms with Crippen molar-refractivity contribution < 1.29 is 8.78 Å². The highest BCUT2D eigenvalue weighted by molar-refractivity contribution is 5.65. The Morgan fingerprint density at radius 3 is 2.39 bits per heavy atom. The first-order valence-corrected chi connectivity index (χ1v) is 10.8. The lowest BCUT2D eigenvalue weighted by Gasteiger charge is -2.28. The summed E-state index contributed by atoms with van der Waals surface area (Å²) in [4.78, 5) is 0. The van der Waals surface area contributed by atoms with Gasteiger partial charge in [0.05, 0.1) is 0 Å². The van der Waals surface area contributed by atoms with Crippen LogP contribution >= 0.6 is 0 Å². The van der Waals surface area contributed by atoms with Gasteiger partial charge in [0.2, 0.25) is 0 Å². The van der Waals surface area contributed by atoms with Gasteiger partial charge in [0.1, 0.15) is 11.6 Å². The molecule has 0 aliphatic heterocycles. The van der Waals surface area contributed by atoms with Gasteiger partial charge in [-0.2, -0.15) is 0 Å². The molecule has 0 heterocycles. The lowest BCUT2D eigenvalue weighted by Crippen LogP contribution is -2.13. The van der Waals surface area contributed by atoms with E-state index in [4.69, 9.17) is 0 Å². The Bertz CT molecular complexity index is 798. The van der Waals surface area contributed by atoms with Gasteiger partial charge in [0, 0.05) is 5.56 Å². The quantitative estimate of drug-likeness (QED) is 0.423. The zero-order valence-corrected chi connectivity index (χ0v) is 17.2. The van der Waals surface area contributed by atoms with Crippen LogP contribution in [-0.2, 0) is 6.42 Å². The first-order valence-electron chi connectivity index (χ1n) is 10.8. The summed E-state index contributed by atoms with van der Waals surface area (Å²) in [6, 6.07) is 10.6. The molecule has 0 aromatic heterocycles. The third-order valence-corrected chi connectivity index (χ3v) is 6.19. The van der Waals surface area contributed by atoms with Gasteiger partial charge in [-0.05, 0) is 86.1 Å². The summed E-state index contributed by atoms with van der Waals surface area (Å²) in [7, 11) is 0. The molecule has 0 spiro atoms. The van der Waals surface area contributed by atoms with Crippen molar-refractivity contribution in [2.45, 2.75) is 71.1 Å². The molecular formula is C26H32F2. The summed E-state index contributed by atoms with van der Waals surface area (Å²) in [5.41, 5.74) is 2.88. The van der Waals surface area contributed by atoms with Crippen LogP contribution in [0.2, 0.25) is 0 Å². The number of hydrogen-bond acceptors (Lipinski definition) is 0. The second-order valence-corrected chi connectivity index (χ2v) is 8.16. The van der Waals surface area contributed by atoms with Crippen molar-refractivity contribution in [2.24, 2.45) is 5.92 Å². The molecule has 150 valence electrons. The fraction of sp³-hybridized carbons (Fsp3) is 0.462. The average Bonchev–Trinajstić information content (AvgIpc) is 2.70. The maximum atomic E-state index is 14.8. The molecule has 3 rings (SSSR count). The molecule has 28 heavy (non-hydrogen) atoms. The molecule has 2 aromatic carbocycles. The molecule has 1 aliphatic rings. The molecule has 0 radical (unpaired) electrons. The third kappa shape index (κ3) is 5.10. The zero-order valence-electron chi connectivity index (χ0n) is 17.2. The van der Waals surface area contributed by atoms with Gasteiger partial charge in [-0.15, -0.1) is 0 Å². The summed E-state index contributed by atoms with van der Waals surface area (Å²) >= 11 is 0. The van der Waals surface area contributed by atoms with E-state index in [2.05, 4.69) is 6.92 Å². The molecule has 1 aliphatic carbocycles. The van der Waals surface area contributed by atoms with Crippen molar-refractivity contribution in [3.05, 3.63) is 71.3 Å². The molecule has 0 amide bonds. The Morgan fingerprint density at radius 1 is 0.964 bits per heavy atom. The number of halogens is 2. The summed E-state index contributed by atoms with van der Waals surface area (Å²) < 4.78 is 29.3. The highest BCUT2D eigenvalue weighted by Crippen LogP contribution is 2.38. The number of aryl methyl sites for hydroxylation is 1. The van der Waals surface area contributed by atoms with E-state index in [1.165, 1.54) is 31.7 Å². The van der Waals surface area contributed by atoms with Crippen LogP contribution in [0.1, 0.15) is 75.8 Å². The normalized spacial score (nSPS) is 20.0. The predicted molar refractivity (Wildman–Crippen MR) is 115 cm³/mol. The van der Waals surface area contributed by atoms with Crippen LogP contribution < -0.4 is 0 Å². The van der Waals surface area contributed by atoms with Crippen LogP contribution in [0, 0.1) is 17.6 Å². The van der Waals surface area contributed by atoms with Gasteiger partial charge in [0.15, 0.2) is 0 Å². The second-order valence-electron chi connectivity index (χ2n) is 8.16. The number of rotatable bonds is 7. The van der Waals surface area contributed by atoms with E-state index in [1.807, 2.05) is 37.3 Å². The Kier molecular flexibility index (Phi) is 7.42. The van der Waals surface area contributed by atoms with E-state index < -0.39 is 0 Å². The van der Waals surface area contributed by atoms with Crippen molar-refractivity contribution in [2.75, 3.05) is 0 Å². The molecule has 1 saturated carbocycles. The standard InChI is InChI=1S/C26H32F2/c1-3-5-6-8-21-13-14-23(18-25(21)27)24-16-15-22(17-26(24)28)20-11-9-19(7-4-2)10-12-20/h3,5,13-20H,4,6-12H2,1-2H3/b5-3+. The minimum absolute atomic E-state index is 0.241. The second kappa shape index (κ2) is 10.0. The van der Waals surface area contributed by atoms with E-state index in [9.17, 15) is 8.78 Å². The summed E-state index contributed by atoms with van der Waals surface area (Å²) in [6.45, 7) is 4.21. The molecule has 0 N–H and O–H groups in total. The molecular weight excluding hydrogens is 350 g/mol. The van der Waals surface area contributed by atoms with E-state index in [1.54, 1.807) is 12.1 Å². The maximum absolute atomic E-state index is 14.8. The largest absolute Gasteiger partial charge is 0.207 e. The van der Waals surface area contributed by atoms with Gasteiger partial charge >= 0.3 is 0 Å². The van der Waals surface area contributed by atoms with Crippen LogP contribution in [0.15, 0.2) is 48.6 Å². The first-order chi connectivity index (χ1) is 13.6. The molecule has 2 heteroatoms. The van der Waals surface area contributed by atoms with E-state index in [0.29, 0.717) is 29.0 Å². The highest BCUT2D eigenvalue weighted by Gasteiger charge is 2.22. The Morgan fingerprint density at radius 2 is 1.75 bits per heavy atom. The minimum atomic E-state index is -0.250. The van der Waals surface area contributed by atoms with Crippen molar-refractivity contribution in [3.63, 3.8) is 0 Å². The molecule has 0 bridgehead atoms. The third-order valence-electron chi connectivity index (χ3n) is 6.19. The van der Waals surface area contributed by atoms with Gasteiger partial charge in [-0.1, -0.05) is 56.2 Å². The fourth-order valence-electron chi connectivity index (χ4n) is 4.54. The van der Waals surface area contributed by atoms with Crippen LogP contribution in [0.5, 0.6) is 0 Å². The molecule has 0 nitrogen and oxygen atoms in total. The molecule has 1 fully saturated rings. The van der Waals surface area contributed by atoms with Gasteiger partial charge in [-0.25, -0.2) is 8.78 Å². The van der Waals surface area contributed by atoms with Crippen LogP contribution in [-0.4, -0.2) is 0 Å². The maximum Gasteiger partial charge on any atom is 0.131 e. The monoisotopic (exact) mass is 382 g/mol. The average molecular weight is 383 g/mol. The van der Waals surface area contributed by atoms with Gasteiger partial charge in [0.25, 0.3) is 0 Å². The zero-order chi connectivity index (χ0) is 19.9. The number of benzene rings is 2. The number of hydrogen-bond donors (Lipinski definition) is 0. The SMILES string of the molecule is C/C=C/CCc1ccc(-c2ccc(C3CCC(CCC)CC3)cc2F)cc1F. The lowest BCUT2D eigenvalue weighted by molar-refractivity contribution is 0.308. The fourth-order valence-corrected chi connectivity index (χ4v) is 4.54. The van der Waals surface area contributed by atoms with Crippen molar-refractivity contribution in [3.8, 4) is 11.1 Å². The van der Waals surface area contributed by atoms with E-state index in [0.717, 1.165) is 30.7 Å². The smallest absolute Gasteiger partial charge is 0.131 e. The molecule has 2 aromatic rings. The van der Waals surface area contributed by atoms with Crippen LogP contribution in [0.4, 0.5) is 8.78 Å². The van der Waals surface area contributed by atoms with Crippen LogP contribution in [0.25, 0.3) is 11.1 Å². The molecule has 0 unspecified atom stereocenters. The van der Waals surface area contributed by atoms with E-state index >= 15 is 0 Å². The van der Waals surface area contributed by atoms with Crippen molar-refractivity contribution in [1.82, 2.24) is 0 Å². The lowest BCUT2D eigenvalue weighted by atomic mass is 9.77. The predicted octanol–water partition coefficient (Wildman–Crippen LogP) is 8.21. The molecule has 0 atom stereocenters. The van der Waals surface area contributed by atoms with Gasteiger partial charge in [-0.3, -0.25) is 0 Å². The summed E-state index contributed by atoms with van der Waals surface area (Å²) in [6.07, 6.45) is 12.9. The topological polar surface area (TPSA) is 0 Å². The Labute approximate surface area is 168 Å².